The molecule has 1 aliphatic rings. The molecule has 1 heterocycles. The summed E-state index contributed by atoms with van der Waals surface area (Å²) in [6.07, 6.45) is 1.47. The Labute approximate surface area is 112 Å². The Bertz CT molecular complexity index is 443. The van der Waals surface area contributed by atoms with E-state index < -0.39 is 5.97 Å². The number of thioether (sulfide) groups is 1. The molecule has 0 saturated heterocycles. The van der Waals surface area contributed by atoms with Crippen LogP contribution in [-0.2, 0) is 11.2 Å². The first-order valence-electron chi connectivity index (χ1n) is 6.21. The van der Waals surface area contributed by atoms with Gasteiger partial charge < -0.3 is 9.84 Å². The third-order valence-electron chi connectivity index (χ3n) is 2.94. The normalized spacial score (nSPS) is 19.2. The fourth-order valence-electron chi connectivity index (χ4n) is 2.09. The highest BCUT2D eigenvalue weighted by Crippen LogP contribution is 2.34. The van der Waals surface area contributed by atoms with Crippen molar-refractivity contribution in [2.45, 2.75) is 37.7 Å². The first-order valence-corrected chi connectivity index (χ1v) is 7.20. The Kier molecular flexibility index (Phi) is 4.17. The van der Waals surface area contributed by atoms with Crippen molar-refractivity contribution in [3.05, 3.63) is 23.8 Å². The lowest BCUT2D eigenvalue weighted by Gasteiger charge is -2.13. The zero-order chi connectivity index (χ0) is 13.1. The van der Waals surface area contributed by atoms with Crippen molar-refractivity contribution in [3.63, 3.8) is 0 Å². The van der Waals surface area contributed by atoms with E-state index in [1.54, 1.807) is 11.8 Å². The molecule has 2 rings (SSSR count). The molecule has 1 unspecified atom stereocenters. The van der Waals surface area contributed by atoms with Gasteiger partial charge in [0.05, 0.1) is 12.0 Å². The van der Waals surface area contributed by atoms with Crippen molar-refractivity contribution < 1.29 is 14.6 Å². The number of aliphatic carboxylic acids is 1. The predicted molar refractivity (Wildman–Crippen MR) is 72.4 cm³/mol. The van der Waals surface area contributed by atoms with Gasteiger partial charge in [0.15, 0.2) is 0 Å². The van der Waals surface area contributed by atoms with Gasteiger partial charge in [-0.25, -0.2) is 0 Å². The number of hydrogen-bond acceptors (Lipinski definition) is 3. The fraction of sp³-hybridized carbons (Fsp3) is 0.500. The van der Waals surface area contributed by atoms with E-state index in [2.05, 4.69) is 0 Å². The monoisotopic (exact) mass is 266 g/mol. The van der Waals surface area contributed by atoms with Crippen molar-refractivity contribution in [2.75, 3.05) is 5.75 Å². The molecular weight excluding hydrogens is 248 g/mol. The molecule has 0 radical (unpaired) electrons. The van der Waals surface area contributed by atoms with E-state index >= 15 is 0 Å². The molecule has 1 aromatic rings. The van der Waals surface area contributed by atoms with Gasteiger partial charge in [-0.15, -0.1) is 11.8 Å². The molecule has 0 aliphatic carbocycles. The number of rotatable bonds is 3. The van der Waals surface area contributed by atoms with Crippen LogP contribution in [0.15, 0.2) is 23.1 Å². The number of hydrogen-bond donors (Lipinski definition) is 1. The average Bonchev–Trinajstić information content (AvgIpc) is 2.49. The van der Waals surface area contributed by atoms with Gasteiger partial charge in [0, 0.05) is 4.90 Å². The molecule has 3 nitrogen and oxygen atoms in total. The summed E-state index contributed by atoms with van der Waals surface area (Å²) in [4.78, 5) is 12.3. The molecule has 18 heavy (non-hydrogen) atoms. The molecule has 0 saturated carbocycles. The van der Waals surface area contributed by atoms with Crippen molar-refractivity contribution in [1.29, 1.82) is 0 Å². The Morgan fingerprint density at radius 3 is 2.94 bits per heavy atom. The van der Waals surface area contributed by atoms with Gasteiger partial charge in [0.1, 0.15) is 5.75 Å². The standard InChI is InChI=1S/C14H18O3S/c1-9(2)17-12-3-4-13-11(8-12)7-10(14(15)16)5-6-18-13/h3-4,8-10H,5-7H2,1-2H3,(H,15,16). The molecule has 98 valence electrons. The summed E-state index contributed by atoms with van der Waals surface area (Å²) < 4.78 is 5.66. The molecule has 0 spiro atoms. The van der Waals surface area contributed by atoms with Crippen molar-refractivity contribution in [3.8, 4) is 5.75 Å². The van der Waals surface area contributed by atoms with Crippen LogP contribution in [0.5, 0.6) is 5.75 Å². The quantitative estimate of drug-likeness (QED) is 0.912. The summed E-state index contributed by atoms with van der Waals surface area (Å²) in [7, 11) is 0. The first-order chi connectivity index (χ1) is 8.56. The van der Waals surface area contributed by atoms with E-state index in [0.717, 1.165) is 23.5 Å². The molecule has 1 N–H and O–H groups in total. The van der Waals surface area contributed by atoms with E-state index in [9.17, 15) is 4.79 Å². The number of carbonyl (C=O) groups is 1. The van der Waals surface area contributed by atoms with Gasteiger partial charge in [-0.05, 0) is 56.2 Å². The number of fused-ring (bicyclic) bond motifs is 1. The molecule has 1 aliphatic heterocycles. The summed E-state index contributed by atoms with van der Waals surface area (Å²) in [6.45, 7) is 3.97. The molecule has 1 aromatic carbocycles. The minimum absolute atomic E-state index is 0.136. The molecular formula is C14H18O3S. The lowest BCUT2D eigenvalue weighted by Crippen LogP contribution is -2.16. The Morgan fingerprint density at radius 1 is 1.50 bits per heavy atom. The van der Waals surface area contributed by atoms with Crippen LogP contribution in [-0.4, -0.2) is 22.9 Å². The highest BCUT2D eigenvalue weighted by Gasteiger charge is 2.23. The zero-order valence-electron chi connectivity index (χ0n) is 10.7. The van der Waals surface area contributed by atoms with Crippen LogP contribution in [0.25, 0.3) is 0 Å². The van der Waals surface area contributed by atoms with E-state index in [1.807, 2.05) is 32.0 Å². The SMILES string of the molecule is CC(C)Oc1ccc2c(c1)CC(C(=O)O)CCS2. The molecule has 4 heteroatoms. The highest BCUT2D eigenvalue weighted by molar-refractivity contribution is 7.99. The summed E-state index contributed by atoms with van der Waals surface area (Å²) in [6, 6.07) is 6.00. The Hall–Kier alpha value is -1.16. The zero-order valence-corrected chi connectivity index (χ0v) is 11.5. The molecule has 0 aromatic heterocycles. The number of ether oxygens (including phenoxy) is 1. The molecule has 0 amide bonds. The Morgan fingerprint density at radius 2 is 2.28 bits per heavy atom. The summed E-state index contributed by atoms with van der Waals surface area (Å²) in [5.74, 6) is 0.732. The summed E-state index contributed by atoms with van der Waals surface area (Å²) in [5.41, 5.74) is 1.10. The first kappa shape index (κ1) is 13.3. The topological polar surface area (TPSA) is 46.5 Å². The second-order valence-electron chi connectivity index (χ2n) is 4.81. The van der Waals surface area contributed by atoms with Crippen LogP contribution in [0.2, 0.25) is 0 Å². The van der Waals surface area contributed by atoms with E-state index in [1.165, 1.54) is 4.90 Å². The van der Waals surface area contributed by atoms with Crippen LogP contribution < -0.4 is 4.74 Å². The molecule has 0 bridgehead atoms. The maximum Gasteiger partial charge on any atom is 0.306 e. The van der Waals surface area contributed by atoms with Crippen LogP contribution in [0, 0.1) is 5.92 Å². The van der Waals surface area contributed by atoms with Crippen molar-refractivity contribution >= 4 is 17.7 Å². The number of carboxylic acid groups (broad SMARTS) is 1. The minimum Gasteiger partial charge on any atom is -0.491 e. The van der Waals surface area contributed by atoms with Gasteiger partial charge in [-0.2, -0.15) is 0 Å². The fourth-order valence-corrected chi connectivity index (χ4v) is 3.21. The van der Waals surface area contributed by atoms with Gasteiger partial charge in [0.2, 0.25) is 0 Å². The van der Waals surface area contributed by atoms with E-state index in [0.29, 0.717) is 6.42 Å². The van der Waals surface area contributed by atoms with E-state index in [4.69, 9.17) is 9.84 Å². The largest absolute Gasteiger partial charge is 0.491 e. The maximum atomic E-state index is 11.1. The smallest absolute Gasteiger partial charge is 0.306 e. The van der Waals surface area contributed by atoms with Crippen LogP contribution >= 0.6 is 11.8 Å². The third-order valence-corrected chi connectivity index (χ3v) is 4.09. The van der Waals surface area contributed by atoms with Gasteiger partial charge in [0.25, 0.3) is 0 Å². The maximum absolute atomic E-state index is 11.1. The van der Waals surface area contributed by atoms with Crippen molar-refractivity contribution in [1.82, 2.24) is 0 Å². The Balaban J connectivity index is 2.24. The third kappa shape index (κ3) is 3.19. The lowest BCUT2D eigenvalue weighted by atomic mass is 9.97. The average molecular weight is 266 g/mol. The highest BCUT2D eigenvalue weighted by atomic mass is 32.2. The summed E-state index contributed by atoms with van der Waals surface area (Å²) in [5, 5.41) is 9.16. The van der Waals surface area contributed by atoms with Crippen LogP contribution in [0.3, 0.4) is 0 Å². The number of benzene rings is 1. The molecule has 1 atom stereocenters. The number of carboxylic acids is 1. The lowest BCUT2D eigenvalue weighted by molar-refractivity contribution is -0.141. The predicted octanol–water partition coefficient (Wildman–Crippen LogP) is 3.21. The van der Waals surface area contributed by atoms with E-state index in [-0.39, 0.29) is 12.0 Å². The minimum atomic E-state index is -0.696. The van der Waals surface area contributed by atoms with Gasteiger partial charge >= 0.3 is 5.97 Å². The summed E-state index contributed by atoms with van der Waals surface area (Å²) >= 11 is 1.74. The van der Waals surface area contributed by atoms with Crippen LogP contribution in [0.1, 0.15) is 25.8 Å². The second-order valence-corrected chi connectivity index (χ2v) is 5.95. The van der Waals surface area contributed by atoms with Crippen molar-refractivity contribution in [2.24, 2.45) is 5.92 Å². The van der Waals surface area contributed by atoms with Gasteiger partial charge in [-0.1, -0.05) is 0 Å². The van der Waals surface area contributed by atoms with Gasteiger partial charge in [-0.3, -0.25) is 4.79 Å². The van der Waals surface area contributed by atoms with Crippen LogP contribution in [0.4, 0.5) is 0 Å². The molecule has 0 fully saturated rings. The second kappa shape index (κ2) is 5.65.